The Balaban J connectivity index is 1.88. The van der Waals surface area contributed by atoms with Gasteiger partial charge in [-0.05, 0) is 57.5 Å². The molecule has 1 N–H and O–H groups in total. The Labute approximate surface area is 101 Å². The molecule has 2 rings (SSSR count). The maximum absolute atomic E-state index is 3.56. The van der Waals surface area contributed by atoms with Gasteiger partial charge in [0, 0.05) is 18.6 Å². The van der Waals surface area contributed by atoms with Crippen molar-refractivity contribution in [2.75, 3.05) is 19.6 Å². The SMILES string of the molecule is CCN(C1CCC(C)CC1)C1CCCNC1. The maximum Gasteiger partial charge on any atom is 0.0223 e. The highest BCUT2D eigenvalue weighted by Gasteiger charge is 2.28. The van der Waals surface area contributed by atoms with Gasteiger partial charge in [-0.1, -0.05) is 13.8 Å². The number of piperidine rings is 1. The Morgan fingerprint density at radius 2 is 1.81 bits per heavy atom. The predicted octanol–water partition coefficient (Wildman–Crippen LogP) is 2.64. The molecule has 0 radical (unpaired) electrons. The van der Waals surface area contributed by atoms with Crippen LogP contribution in [0.3, 0.4) is 0 Å². The van der Waals surface area contributed by atoms with Gasteiger partial charge in [0.05, 0.1) is 0 Å². The molecule has 0 bridgehead atoms. The lowest BCUT2D eigenvalue weighted by Gasteiger charge is -2.42. The van der Waals surface area contributed by atoms with E-state index >= 15 is 0 Å². The van der Waals surface area contributed by atoms with E-state index in [-0.39, 0.29) is 0 Å². The van der Waals surface area contributed by atoms with Crippen LogP contribution >= 0.6 is 0 Å². The number of hydrogen-bond donors (Lipinski definition) is 1. The van der Waals surface area contributed by atoms with Gasteiger partial charge >= 0.3 is 0 Å². The molecule has 2 fully saturated rings. The summed E-state index contributed by atoms with van der Waals surface area (Å²) in [5.74, 6) is 0.972. The topological polar surface area (TPSA) is 15.3 Å². The number of nitrogens with zero attached hydrogens (tertiary/aromatic N) is 1. The molecule has 1 unspecified atom stereocenters. The van der Waals surface area contributed by atoms with Crippen molar-refractivity contribution in [3.8, 4) is 0 Å². The summed E-state index contributed by atoms with van der Waals surface area (Å²) in [5, 5.41) is 3.56. The zero-order valence-corrected chi connectivity index (χ0v) is 11.0. The Hall–Kier alpha value is -0.0800. The van der Waals surface area contributed by atoms with Crippen LogP contribution in [0, 0.1) is 5.92 Å². The zero-order chi connectivity index (χ0) is 11.4. The van der Waals surface area contributed by atoms with Gasteiger partial charge in [-0.15, -0.1) is 0 Å². The summed E-state index contributed by atoms with van der Waals surface area (Å²) in [4.78, 5) is 2.79. The van der Waals surface area contributed by atoms with Crippen molar-refractivity contribution in [2.24, 2.45) is 5.92 Å². The fourth-order valence-corrected chi connectivity index (χ4v) is 3.51. The van der Waals surface area contributed by atoms with Gasteiger partial charge in [0.25, 0.3) is 0 Å². The van der Waals surface area contributed by atoms with E-state index in [4.69, 9.17) is 0 Å². The molecular weight excluding hydrogens is 196 g/mol. The first-order valence-electron chi connectivity index (χ1n) is 7.27. The normalized spacial score (nSPS) is 36.6. The smallest absolute Gasteiger partial charge is 0.0223 e. The van der Waals surface area contributed by atoms with Crippen LogP contribution in [-0.4, -0.2) is 36.6 Å². The van der Waals surface area contributed by atoms with Crippen LogP contribution in [0.4, 0.5) is 0 Å². The van der Waals surface area contributed by atoms with Gasteiger partial charge in [-0.25, -0.2) is 0 Å². The first-order chi connectivity index (χ1) is 7.81. The van der Waals surface area contributed by atoms with Crippen LogP contribution in [-0.2, 0) is 0 Å². The molecule has 1 atom stereocenters. The molecule has 0 spiro atoms. The van der Waals surface area contributed by atoms with Gasteiger partial charge in [-0.2, -0.15) is 0 Å². The monoisotopic (exact) mass is 224 g/mol. The lowest BCUT2D eigenvalue weighted by Crippen LogP contribution is -2.51. The third kappa shape index (κ3) is 2.98. The van der Waals surface area contributed by atoms with Crippen LogP contribution in [0.5, 0.6) is 0 Å². The molecule has 0 aromatic heterocycles. The van der Waals surface area contributed by atoms with Crippen molar-refractivity contribution in [3.05, 3.63) is 0 Å². The highest BCUT2D eigenvalue weighted by molar-refractivity contribution is 4.85. The van der Waals surface area contributed by atoms with Crippen LogP contribution in [0.1, 0.15) is 52.4 Å². The van der Waals surface area contributed by atoms with E-state index < -0.39 is 0 Å². The van der Waals surface area contributed by atoms with E-state index in [1.807, 2.05) is 0 Å². The average molecular weight is 224 g/mol. The number of nitrogens with one attached hydrogen (secondary N) is 1. The second kappa shape index (κ2) is 6.02. The third-order valence-electron chi connectivity index (χ3n) is 4.56. The fraction of sp³-hybridized carbons (Fsp3) is 1.00. The number of hydrogen-bond acceptors (Lipinski definition) is 2. The first-order valence-corrected chi connectivity index (χ1v) is 7.27. The minimum atomic E-state index is 0.817. The van der Waals surface area contributed by atoms with Crippen LogP contribution < -0.4 is 5.32 Å². The summed E-state index contributed by atoms with van der Waals surface area (Å²) in [5.41, 5.74) is 0. The van der Waals surface area contributed by atoms with Crippen LogP contribution in [0.2, 0.25) is 0 Å². The number of rotatable bonds is 3. The van der Waals surface area contributed by atoms with Crippen molar-refractivity contribution in [1.29, 1.82) is 0 Å². The van der Waals surface area contributed by atoms with Crippen LogP contribution in [0.25, 0.3) is 0 Å². The second-order valence-corrected chi connectivity index (χ2v) is 5.74. The molecule has 1 aliphatic carbocycles. The van der Waals surface area contributed by atoms with Crippen molar-refractivity contribution in [2.45, 2.75) is 64.5 Å². The summed E-state index contributed by atoms with van der Waals surface area (Å²) in [7, 11) is 0. The van der Waals surface area contributed by atoms with Gasteiger partial charge in [-0.3, -0.25) is 4.90 Å². The molecule has 1 heterocycles. The van der Waals surface area contributed by atoms with E-state index in [1.54, 1.807) is 0 Å². The lowest BCUT2D eigenvalue weighted by molar-refractivity contribution is 0.0844. The van der Waals surface area contributed by atoms with Crippen LogP contribution in [0.15, 0.2) is 0 Å². The van der Waals surface area contributed by atoms with E-state index in [0.717, 1.165) is 18.0 Å². The molecule has 2 aliphatic rings. The predicted molar refractivity (Wildman–Crippen MR) is 69.7 cm³/mol. The van der Waals surface area contributed by atoms with E-state index in [0.29, 0.717) is 0 Å². The zero-order valence-electron chi connectivity index (χ0n) is 11.0. The summed E-state index contributed by atoms with van der Waals surface area (Å²) in [6, 6.07) is 1.70. The van der Waals surface area contributed by atoms with E-state index in [2.05, 4.69) is 24.1 Å². The Morgan fingerprint density at radius 1 is 1.06 bits per heavy atom. The molecule has 2 nitrogen and oxygen atoms in total. The third-order valence-corrected chi connectivity index (χ3v) is 4.56. The fourth-order valence-electron chi connectivity index (χ4n) is 3.51. The molecule has 0 aromatic rings. The molecule has 94 valence electrons. The summed E-state index contributed by atoms with van der Waals surface area (Å²) < 4.78 is 0. The Bertz CT molecular complexity index is 191. The van der Waals surface area contributed by atoms with Gasteiger partial charge in [0.2, 0.25) is 0 Å². The highest BCUT2D eigenvalue weighted by atomic mass is 15.2. The molecular formula is C14H28N2. The first kappa shape index (κ1) is 12.4. The van der Waals surface area contributed by atoms with Gasteiger partial charge in [0.1, 0.15) is 0 Å². The van der Waals surface area contributed by atoms with E-state index in [1.165, 1.54) is 58.2 Å². The maximum atomic E-state index is 3.56. The van der Waals surface area contributed by atoms with Crippen molar-refractivity contribution in [3.63, 3.8) is 0 Å². The minimum absolute atomic E-state index is 0.817. The average Bonchev–Trinajstić information content (AvgIpc) is 2.34. The lowest BCUT2D eigenvalue weighted by atomic mass is 9.85. The summed E-state index contributed by atoms with van der Waals surface area (Å²) in [6.07, 6.45) is 8.54. The van der Waals surface area contributed by atoms with Gasteiger partial charge in [0.15, 0.2) is 0 Å². The largest absolute Gasteiger partial charge is 0.315 e. The summed E-state index contributed by atoms with van der Waals surface area (Å²) in [6.45, 7) is 8.45. The van der Waals surface area contributed by atoms with Crippen molar-refractivity contribution < 1.29 is 0 Å². The minimum Gasteiger partial charge on any atom is -0.315 e. The Kier molecular flexibility index (Phi) is 4.66. The van der Waals surface area contributed by atoms with Crippen molar-refractivity contribution >= 4 is 0 Å². The van der Waals surface area contributed by atoms with E-state index in [9.17, 15) is 0 Å². The second-order valence-electron chi connectivity index (χ2n) is 5.74. The Morgan fingerprint density at radius 3 is 2.38 bits per heavy atom. The summed E-state index contributed by atoms with van der Waals surface area (Å²) >= 11 is 0. The molecule has 2 heteroatoms. The molecule has 16 heavy (non-hydrogen) atoms. The molecule has 0 aromatic carbocycles. The molecule has 1 saturated carbocycles. The quantitative estimate of drug-likeness (QED) is 0.793. The molecule has 0 amide bonds. The molecule has 1 aliphatic heterocycles. The van der Waals surface area contributed by atoms with Crippen molar-refractivity contribution in [1.82, 2.24) is 10.2 Å². The highest BCUT2D eigenvalue weighted by Crippen LogP contribution is 2.29. The standard InChI is InChI=1S/C14H28N2/c1-3-16(14-5-4-10-15-11-14)13-8-6-12(2)7-9-13/h12-15H,3-11H2,1-2H3. The molecule has 1 saturated heterocycles. The van der Waals surface area contributed by atoms with Gasteiger partial charge < -0.3 is 5.32 Å². The number of likely N-dealkylation sites (N-methyl/N-ethyl adjacent to an activating group) is 1.